The maximum absolute atomic E-state index is 12.4. The van der Waals surface area contributed by atoms with E-state index in [1.54, 1.807) is 4.90 Å². The molecule has 2 aliphatic rings. The van der Waals surface area contributed by atoms with Crippen LogP contribution in [0, 0.1) is 5.92 Å². The van der Waals surface area contributed by atoms with Gasteiger partial charge in [-0.05, 0) is 32.1 Å². The predicted molar refractivity (Wildman–Crippen MR) is 74.6 cm³/mol. The molecule has 4 heteroatoms. The molecule has 2 aliphatic heterocycles. The maximum Gasteiger partial charge on any atom is 0.246 e. The number of amides is 2. The van der Waals surface area contributed by atoms with Crippen molar-refractivity contribution >= 4 is 11.8 Å². The summed E-state index contributed by atoms with van der Waals surface area (Å²) >= 11 is 0. The van der Waals surface area contributed by atoms with Gasteiger partial charge in [0, 0.05) is 12.6 Å². The third kappa shape index (κ3) is 3.10. The van der Waals surface area contributed by atoms with Crippen LogP contribution in [0.5, 0.6) is 0 Å². The maximum atomic E-state index is 12.4. The zero-order chi connectivity index (χ0) is 14.0. The highest BCUT2D eigenvalue weighted by Crippen LogP contribution is 2.26. The molecule has 0 aromatic carbocycles. The Morgan fingerprint density at radius 1 is 1.21 bits per heavy atom. The number of fused-ring (bicyclic) bond motifs is 1. The van der Waals surface area contributed by atoms with Crippen LogP contribution in [0.25, 0.3) is 0 Å². The highest BCUT2D eigenvalue weighted by Gasteiger charge is 2.42. The molecular formula is C15H26N2O2. The van der Waals surface area contributed by atoms with Crippen molar-refractivity contribution in [2.75, 3.05) is 13.1 Å². The van der Waals surface area contributed by atoms with Crippen molar-refractivity contribution in [3.8, 4) is 0 Å². The van der Waals surface area contributed by atoms with E-state index in [1.807, 2.05) is 4.90 Å². The van der Waals surface area contributed by atoms with Crippen LogP contribution in [0.15, 0.2) is 0 Å². The van der Waals surface area contributed by atoms with Crippen molar-refractivity contribution in [3.05, 3.63) is 0 Å². The van der Waals surface area contributed by atoms with Crippen LogP contribution in [-0.2, 0) is 9.59 Å². The number of hydrogen-bond donors (Lipinski definition) is 0. The lowest BCUT2D eigenvalue weighted by atomic mass is 10.0. The highest BCUT2D eigenvalue weighted by molar-refractivity contribution is 5.95. The Bertz CT molecular complexity index is 354. The molecule has 0 aromatic heterocycles. The molecule has 0 saturated carbocycles. The summed E-state index contributed by atoms with van der Waals surface area (Å²) < 4.78 is 0. The molecule has 2 saturated heterocycles. The zero-order valence-corrected chi connectivity index (χ0v) is 12.4. The van der Waals surface area contributed by atoms with Crippen LogP contribution < -0.4 is 0 Å². The summed E-state index contributed by atoms with van der Waals surface area (Å²) in [7, 11) is 0. The van der Waals surface area contributed by atoms with Crippen LogP contribution >= 0.6 is 0 Å². The fraction of sp³-hybridized carbons (Fsp3) is 0.867. The Hall–Kier alpha value is -1.06. The second-order valence-electron chi connectivity index (χ2n) is 6.39. The zero-order valence-electron chi connectivity index (χ0n) is 12.4. The van der Waals surface area contributed by atoms with E-state index in [4.69, 9.17) is 0 Å². The number of hydrogen-bond acceptors (Lipinski definition) is 2. The SMILES string of the molecule is CC(C)CCCC(C)N1CC(=O)N2CCCC2C1=O. The highest BCUT2D eigenvalue weighted by atomic mass is 16.2. The molecule has 2 fully saturated rings. The monoisotopic (exact) mass is 266 g/mol. The predicted octanol–water partition coefficient (Wildman–Crippen LogP) is 2.03. The van der Waals surface area contributed by atoms with E-state index < -0.39 is 0 Å². The summed E-state index contributed by atoms with van der Waals surface area (Å²) in [5, 5.41) is 0. The van der Waals surface area contributed by atoms with Crippen molar-refractivity contribution in [2.24, 2.45) is 5.92 Å². The van der Waals surface area contributed by atoms with Gasteiger partial charge < -0.3 is 9.80 Å². The topological polar surface area (TPSA) is 40.6 Å². The quantitative estimate of drug-likeness (QED) is 0.764. The first kappa shape index (κ1) is 14.4. The summed E-state index contributed by atoms with van der Waals surface area (Å²) in [6, 6.07) is 0.0340. The summed E-state index contributed by atoms with van der Waals surface area (Å²) in [6.45, 7) is 7.58. The van der Waals surface area contributed by atoms with E-state index in [-0.39, 0.29) is 30.4 Å². The Labute approximate surface area is 116 Å². The second-order valence-corrected chi connectivity index (χ2v) is 6.39. The van der Waals surface area contributed by atoms with Gasteiger partial charge in [-0.15, -0.1) is 0 Å². The first-order valence-electron chi connectivity index (χ1n) is 7.60. The normalized spacial score (nSPS) is 25.2. The molecule has 0 spiro atoms. The molecule has 2 amide bonds. The average Bonchev–Trinajstić information content (AvgIpc) is 2.83. The van der Waals surface area contributed by atoms with Crippen LogP contribution in [0.3, 0.4) is 0 Å². The van der Waals surface area contributed by atoms with Gasteiger partial charge in [-0.25, -0.2) is 0 Å². The summed E-state index contributed by atoms with van der Waals surface area (Å²) in [6.07, 6.45) is 5.14. The molecule has 0 bridgehead atoms. The third-order valence-electron chi connectivity index (χ3n) is 4.38. The van der Waals surface area contributed by atoms with Crippen molar-refractivity contribution < 1.29 is 9.59 Å². The molecule has 2 heterocycles. The molecule has 0 aliphatic carbocycles. The standard InChI is InChI=1S/C15H26N2O2/c1-11(2)6-4-7-12(3)17-10-14(18)16-9-5-8-13(16)15(17)19/h11-13H,4-10H2,1-3H3. The largest absolute Gasteiger partial charge is 0.329 e. The molecule has 0 radical (unpaired) electrons. The summed E-state index contributed by atoms with van der Waals surface area (Å²) in [4.78, 5) is 28.1. The van der Waals surface area contributed by atoms with Crippen LogP contribution in [-0.4, -0.2) is 46.8 Å². The number of carbonyl (C=O) groups is 2. The van der Waals surface area contributed by atoms with Gasteiger partial charge >= 0.3 is 0 Å². The fourth-order valence-corrected chi connectivity index (χ4v) is 3.18. The number of piperazine rings is 1. The van der Waals surface area contributed by atoms with Crippen LogP contribution in [0.2, 0.25) is 0 Å². The number of carbonyl (C=O) groups excluding carboxylic acids is 2. The second kappa shape index (κ2) is 5.93. The van der Waals surface area contributed by atoms with Crippen LogP contribution in [0.4, 0.5) is 0 Å². The molecule has 108 valence electrons. The van der Waals surface area contributed by atoms with Gasteiger partial charge in [-0.2, -0.15) is 0 Å². The third-order valence-corrected chi connectivity index (χ3v) is 4.38. The van der Waals surface area contributed by atoms with E-state index >= 15 is 0 Å². The van der Waals surface area contributed by atoms with Crippen molar-refractivity contribution in [2.45, 2.75) is 65.0 Å². The van der Waals surface area contributed by atoms with Gasteiger partial charge in [0.1, 0.15) is 12.6 Å². The van der Waals surface area contributed by atoms with Gasteiger partial charge in [-0.1, -0.05) is 26.7 Å². The Balaban J connectivity index is 1.92. The molecule has 2 unspecified atom stereocenters. The first-order chi connectivity index (χ1) is 9.00. The fourth-order valence-electron chi connectivity index (χ4n) is 3.18. The van der Waals surface area contributed by atoms with E-state index in [0.29, 0.717) is 5.92 Å². The lowest BCUT2D eigenvalue weighted by Gasteiger charge is -2.39. The molecule has 0 N–H and O–H groups in total. The Morgan fingerprint density at radius 2 is 1.95 bits per heavy atom. The van der Waals surface area contributed by atoms with Crippen molar-refractivity contribution in [1.29, 1.82) is 0 Å². The summed E-state index contributed by atoms with van der Waals surface area (Å²) in [5.41, 5.74) is 0. The molecule has 19 heavy (non-hydrogen) atoms. The number of rotatable bonds is 5. The van der Waals surface area contributed by atoms with E-state index in [0.717, 1.165) is 32.2 Å². The first-order valence-corrected chi connectivity index (χ1v) is 7.60. The van der Waals surface area contributed by atoms with E-state index in [9.17, 15) is 9.59 Å². The molecule has 0 aromatic rings. The average molecular weight is 266 g/mol. The van der Waals surface area contributed by atoms with Gasteiger partial charge in [0.25, 0.3) is 0 Å². The van der Waals surface area contributed by atoms with Crippen LogP contribution in [0.1, 0.15) is 52.9 Å². The molecule has 4 nitrogen and oxygen atoms in total. The van der Waals surface area contributed by atoms with Gasteiger partial charge in [0.05, 0.1) is 0 Å². The Morgan fingerprint density at radius 3 is 2.63 bits per heavy atom. The molecule has 2 rings (SSSR count). The minimum atomic E-state index is -0.159. The van der Waals surface area contributed by atoms with Crippen molar-refractivity contribution in [3.63, 3.8) is 0 Å². The molecular weight excluding hydrogens is 240 g/mol. The van der Waals surface area contributed by atoms with Gasteiger partial charge in [0.2, 0.25) is 11.8 Å². The van der Waals surface area contributed by atoms with E-state index in [1.165, 1.54) is 6.42 Å². The Kier molecular flexibility index (Phi) is 4.48. The smallest absolute Gasteiger partial charge is 0.246 e. The minimum absolute atomic E-state index is 0.137. The molecule has 2 atom stereocenters. The van der Waals surface area contributed by atoms with Gasteiger partial charge in [0.15, 0.2) is 0 Å². The van der Waals surface area contributed by atoms with E-state index in [2.05, 4.69) is 20.8 Å². The van der Waals surface area contributed by atoms with Crippen molar-refractivity contribution in [1.82, 2.24) is 9.80 Å². The minimum Gasteiger partial charge on any atom is -0.329 e. The lowest BCUT2D eigenvalue weighted by molar-refractivity contribution is -0.155. The lowest BCUT2D eigenvalue weighted by Crippen LogP contribution is -2.59. The number of nitrogens with zero attached hydrogens (tertiary/aromatic N) is 2. The van der Waals surface area contributed by atoms with Gasteiger partial charge in [-0.3, -0.25) is 9.59 Å². The summed E-state index contributed by atoms with van der Waals surface area (Å²) in [5.74, 6) is 1.02.